The highest BCUT2D eigenvalue weighted by Crippen LogP contribution is 2.28. The Morgan fingerprint density at radius 1 is 1.07 bits per heavy atom. The number of nitrogens with two attached hydrogens (primary N) is 1. The Morgan fingerprint density at radius 2 is 1.83 bits per heavy atom. The molecule has 1 amide bonds. The molecule has 8 heteroatoms. The molecule has 0 spiro atoms. The number of benzene rings is 3. The largest absolute Gasteiger partial charge is 0.371 e. The molecule has 0 fully saturated rings. The van der Waals surface area contributed by atoms with Crippen LogP contribution in [0.3, 0.4) is 0 Å². The van der Waals surface area contributed by atoms with Crippen LogP contribution in [0.25, 0.3) is 21.7 Å². The number of carbonyl (C=O) groups excluding carboxylic acids is 1. The highest BCUT2D eigenvalue weighted by Gasteiger charge is 2.23. The van der Waals surface area contributed by atoms with Gasteiger partial charge in [0.2, 0.25) is 5.91 Å². The van der Waals surface area contributed by atoms with Crippen LogP contribution in [0.1, 0.15) is 13.3 Å². The molecule has 1 aromatic heterocycles. The number of aromatic nitrogens is 2. The zero-order chi connectivity index (χ0) is 21.3. The Bertz CT molecular complexity index is 1340. The van der Waals surface area contributed by atoms with E-state index in [1.807, 2.05) is 48.2 Å². The lowest BCUT2D eigenvalue weighted by Crippen LogP contribution is -2.27. The van der Waals surface area contributed by atoms with Gasteiger partial charge in [-0.2, -0.15) is 17.6 Å². The van der Waals surface area contributed by atoms with Gasteiger partial charge in [0.05, 0.1) is 16.6 Å². The molecule has 1 heterocycles. The smallest absolute Gasteiger partial charge is 0.284 e. The topological polar surface area (TPSA) is 98.3 Å². The molecule has 7 nitrogen and oxygen atoms in total. The second kappa shape index (κ2) is 7.79. The number of carbonyl (C=O) groups is 1. The lowest BCUT2D eigenvalue weighted by molar-refractivity contribution is -0.117. The summed E-state index contributed by atoms with van der Waals surface area (Å²) in [7, 11) is -3.88. The van der Waals surface area contributed by atoms with Crippen LogP contribution in [0.5, 0.6) is 0 Å². The number of hydrogen-bond acceptors (Lipinski definition) is 5. The second-order valence-electron chi connectivity index (χ2n) is 7.01. The van der Waals surface area contributed by atoms with E-state index in [-0.39, 0.29) is 17.2 Å². The van der Waals surface area contributed by atoms with E-state index in [9.17, 15) is 13.2 Å². The molecule has 4 aromatic rings. The average Bonchev–Trinajstić information content (AvgIpc) is 3.18. The van der Waals surface area contributed by atoms with Crippen molar-refractivity contribution in [2.75, 3.05) is 18.0 Å². The third kappa shape index (κ3) is 3.50. The molecule has 0 atom stereocenters. The summed E-state index contributed by atoms with van der Waals surface area (Å²) in [6.45, 7) is 3.18. The number of fused-ring (bicyclic) bond motifs is 2. The van der Waals surface area contributed by atoms with E-state index in [4.69, 9.17) is 5.73 Å². The maximum atomic E-state index is 13.4. The van der Waals surface area contributed by atoms with Gasteiger partial charge in [-0.05, 0) is 36.6 Å². The number of hydrogen-bond donors (Lipinski definition) is 1. The van der Waals surface area contributed by atoms with Crippen LogP contribution < -0.4 is 10.6 Å². The Morgan fingerprint density at radius 3 is 2.60 bits per heavy atom. The Balaban J connectivity index is 1.77. The van der Waals surface area contributed by atoms with Gasteiger partial charge in [-0.15, -0.1) is 0 Å². The van der Waals surface area contributed by atoms with E-state index < -0.39 is 10.0 Å². The molecule has 0 bridgehead atoms. The van der Waals surface area contributed by atoms with Crippen molar-refractivity contribution in [1.29, 1.82) is 0 Å². The first kappa shape index (κ1) is 19.9. The summed E-state index contributed by atoms with van der Waals surface area (Å²) >= 11 is 0. The van der Waals surface area contributed by atoms with Crippen LogP contribution in [0, 0.1) is 0 Å². The molecule has 0 aliphatic carbocycles. The van der Waals surface area contributed by atoms with Crippen LogP contribution in [0.2, 0.25) is 0 Å². The minimum absolute atomic E-state index is 0.214. The number of nitrogens with zero attached hydrogens (tertiary/aromatic N) is 3. The normalized spacial score (nSPS) is 11.8. The average molecular weight is 423 g/mol. The van der Waals surface area contributed by atoms with Crippen LogP contribution in [0.4, 0.5) is 5.69 Å². The molecule has 3 aromatic carbocycles. The minimum Gasteiger partial charge on any atom is -0.371 e. The predicted octanol–water partition coefficient (Wildman–Crippen LogP) is 3.13. The van der Waals surface area contributed by atoms with Crippen molar-refractivity contribution in [1.82, 2.24) is 9.19 Å². The van der Waals surface area contributed by atoms with Gasteiger partial charge in [0.1, 0.15) is 0 Å². The summed E-state index contributed by atoms with van der Waals surface area (Å²) in [5, 5.41) is 6.40. The highest BCUT2D eigenvalue weighted by atomic mass is 32.2. The van der Waals surface area contributed by atoms with Gasteiger partial charge in [-0.25, -0.2) is 0 Å². The first-order chi connectivity index (χ1) is 14.4. The molecule has 0 unspecified atom stereocenters. The van der Waals surface area contributed by atoms with E-state index in [0.717, 1.165) is 15.2 Å². The van der Waals surface area contributed by atoms with Crippen molar-refractivity contribution < 1.29 is 13.2 Å². The van der Waals surface area contributed by atoms with Crippen LogP contribution in [-0.4, -0.2) is 36.6 Å². The number of rotatable bonds is 7. The fourth-order valence-corrected chi connectivity index (χ4v) is 5.11. The van der Waals surface area contributed by atoms with Crippen molar-refractivity contribution >= 4 is 43.3 Å². The molecule has 0 aliphatic heterocycles. The SMILES string of the molecule is CCN(CCC(N)=O)c1ccc2c(cnn2S(=O)(=O)c2cccc3ccccc23)c1. The molecule has 30 heavy (non-hydrogen) atoms. The van der Waals surface area contributed by atoms with E-state index in [0.29, 0.717) is 29.4 Å². The van der Waals surface area contributed by atoms with Gasteiger partial charge >= 0.3 is 0 Å². The van der Waals surface area contributed by atoms with Crippen molar-refractivity contribution in [2.45, 2.75) is 18.2 Å². The molecule has 0 radical (unpaired) electrons. The van der Waals surface area contributed by atoms with Crippen molar-refractivity contribution in [3.8, 4) is 0 Å². The first-order valence-electron chi connectivity index (χ1n) is 9.66. The number of amides is 1. The minimum atomic E-state index is -3.88. The Labute approximate surface area is 174 Å². The lowest BCUT2D eigenvalue weighted by atomic mass is 10.1. The third-order valence-corrected chi connectivity index (χ3v) is 6.81. The van der Waals surface area contributed by atoms with E-state index in [1.165, 1.54) is 0 Å². The Kier molecular flexibility index (Phi) is 5.17. The van der Waals surface area contributed by atoms with Gasteiger partial charge < -0.3 is 10.6 Å². The maximum Gasteiger partial charge on any atom is 0.284 e. The van der Waals surface area contributed by atoms with Crippen LogP contribution in [-0.2, 0) is 14.8 Å². The summed E-state index contributed by atoms with van der Waals surface area (Å²) in [4.78, 5) is 13.3. The summed E-state index contributed by atoms with van der Waals surface area (Å²) < 4.78 is 27.9. The first-order valence-corrected chi connectivity index (χ1v) is 11.1. The van der Waals surface area contributed by atoms with Crippen molar-refractivity contribution in [3.05, 3.63) is 66.9 Å². The molecule has 0 saturated heterocycles. The van der Waals surface area contributed by atoms with E-state index in [1.54, 1.807) is 30.5 Å². The maximum absolute atomic E-state index is 13.4. The van der Waals surface area contributed by atoms with Gasteiger partial charge in [0.25, 0.3) is 10.0 Å². The zero-order valence-electron chi connectivity index (χ0n) is 16.5. The van der Waals surface area contributed by atoms with E-state index >= 15 is 0 Å². The molecule has 0 aliphatic rings. The molecule has 2 N–H and O–H groups in total. The molecular formula is C22H22N4O3S. The molecule has 0 saturated carbocycles. The van der Waals surface area contributed by atoms with Crippen molar-refractivity contribution in [2.24, 2.45) is 5.73 Å². The molecule has 4 rings (SSSR count). The lowest BCUT2D eigenvalue weighted by Gasteiger charge is -2.22. The van der Waals surface area contributed by atoms with E-state index in [2.05, 4.69) is 5.10 Å². The van der Waals surface area contributed by atoms with Crippen LogP contribution >= 0.6 is 0 Å². The van der Waals surface area contributed by atoms with Gasteiger partial charge in [0, 0.05) is 36.0 Å². The fourth-order valence-electron chi connectivity index (χ4n) is 3.61. The van der Waals surface area contributed by atoms with Gasteiger partial charge in [-0.1, -0.05) is 36.4 Å². The van der Waals surface area contributed by atoms with Crippen LogP contribution in [0.15, 0.2) is 71.8 Å². The zero-order valence-corrected chi connectivity index (χ0v) is 17.3. The van der Waals surface area contributed by atoms with Gasteiger partial charge in [0.15, 0.2) is 0 Å². The molecule has 154 valence electrons. The van der Waals surface area contributed by atoms with Crippen molar-refractivity contribution in [3.63, 3.8) is 0 Å². The summed E-state index contributed by atoms with van der Waals surface area (Å²) in [5.41, 5.74) is 6.64. The highest BCUT2D eigenvalue weighted by molar-refractivity contribution is 7.90. The number of anilines is 1. The predicted molar refractivity (Wildman–Crippen MR) is 118 cm³/mol. The summed E-state index contributed by atoms with van der Waals surface area (Å²) in [6, 6.07) is 18.0. The monoisotopic (exact) mass is 422 g/mol. The second-order valence-corrected chi connectivity index (χ2v) is 8.74. The van der Waals surface area contributed by atoms with Gasteiger partial charge in [-0.3, -0.25) is 4.79 Å². The standard InChI is InChI=1S/C22H22N4O3S/c1-2-25(13-12-22(23)27)18-10-11-20-17(14-18)15-24-26(20)30(28,29)21-9-5-7-16-6-3-4-8-19(16)21/h3-11,14-15H,2,12-13H2,1H3,(H2,23,27). The summed E-state index contributed by atoms with van der Waals surface area (Å²) in [5.74, 6) is -0.358. The quantitative estimate of drug-likeness (QED) is 0.493. The summed E-state index contributed by atoms with van der Waals surface area (Å²) in [6.07, 6.45) is 1.80. The third-order valence-electron chi connectivity index (χ3n) is 5.15. The number of primary amides is 1. The molecular weight excluding hydrogens is 400 g/mol. The fraction of sp³-hybridized carbons (Fsp3) is 0.182. The Hall–Kier alpha value is -3.39.